The number of fused-ring (bicyclic) bond motifs is 1. The van der Waals surface area contributed by atoms with Crippen LogP contribution in [0.3, 0.4) is 0 Å². The number of imidazole rings is 1. The molecule has 20 heavy (non-hydrogen) atoms. The molecule has 1 heterocycles. The fourth-order valence-corrected chi connectivity index (χ4v) is 2.56. The number of para-hydroxylation sites is 2. The number of amides is 1. The van der Waals surface area contributed by atoms with E-state index in [0.717, 1.165) is 36.1 Å². The zero-order chi connectivity index (χ0) is 13.9. The largest absolute Gasteiger partial charge is 0.353 e. The molecule has 1 aliphatic carbocycles. The predicted octanol–water partition coefficient (Wildman–Crippen LogP) is 2.49. The van der Waals surface area contributed by atoms with E-state index in [1.165, 1.54) is 0 Å². The number of nitrogens with one attached hydrogen (secondary N) is 1. The number of hydrogen-bond donors (Lipinski definition) is 1. The van der Waals surface area contributed by atoms with Gasteiger partial charge in [0, 0.05) is 31.3 Å². The zero-order valence-corrected chi connectivity index (χ0v) is 12.1. The first-order valence-electron chi connectivity index (χ1n) is 7.07. The molecule has 106 valence electrons. The summed E-state index contributed by atoms with van der Waals surface area (Å²) in [4.78, 5) is 16.4. The highest BCUT2D eigenvalue weighted by atomic mass is 35.5. The van der Waals surface area contributed by atoms with Gasteiger partial charge in [-0.05, 0) is 25.0 Å². The minimum atomic E-state index is 0.127. The van der Waals surface area contributed by atoms with E-state index in [-0.39, 0.29) is 5.91 Å². The molecule has 5 heteroatoms. The average molecular weight is 292 g/mol. The molecular weight excluding hydrogens is 274 g/mol. The summed E-state index contributed by atoms with van der Waals surface area (Å²) in [5.74, 6) is 1.62. The van der Waals surface area contributed by atoms with Crippen molar-refractivity contribution in [3.8, 4) is 0 Å². The lowest BCUT2D eigenvalue weighted by Gasteiger charge is -2.08. The molecule has 1 saturated carbocycles. The van der Waals surface area contributed by atoms with Crippen molar-refractivity contribution in [1.29, 1.82) is 0 Å². The first kappa shape index (κ1) is 13.4. The van der Waals surface area contributed by atoms with Crippen molar-refractivity contribution in [2.24, 2.45) is 0 Å². The van der Waals surface area contributed by atoms with Gasteiger partial charge in [0.1, 0.15) is 5.82 Å². The standard InChI is InChI=1S/C15H18ClN3O/c16-9-7-14-18-12-3-1-2-4-13(12)19(14)10-8-15(20)17-11-5-6-11/h1-4,11H,5-10H2,(H,17,20). The van der Waals surface area contributed by atoms with Crippen LogP contribution in [0.25, 0.3) is 11.0 Å². The van der Waals surface area contributed by atoms with Crippen molar-refractivity contribution in [3.63, 3.8) is 0 Å². The molecule has 0 radical (unpaired) electrons. The number of rotatable bonds is 6. The number of aromatic nitrogens is 2. The van der Waals surface area contributed by atoms with Crippen LogP contribution in [0.15, 0.2) is 24.3 Å². The fraction of sp³-hybridized carbons (Fsp3) is 0.467. The quantitative estimate of drug-likeness (QED) is 0.831. The minimum Gasteiger partial charge on any atom is -0.353 e. The third-order valence-corrected chi connectivity index (χ3v) is 3.75. The van der Waals surface area contributed by atoms with Crippen LogP contribution < -0.4 is 5.32 Å². The van der Waals surface area contributed by atoms with Gasteiger partial charge in [0.05, 0.1) is 11.0 Å². The third kappa shape index (κ3) is 2.96. The lowest BCUT2D eigenvalue weighted by atomic mass is 10.3. The highest BCUT2D eigenvalue weighted by Crippen LogP contribution is 2.20. The molecule has 0 saturated heterocycles. The summed E-state index contributed by atoms with van der Waals surface area (Å²) in [7, 11) is 0. The number of halogens is 1. The van der Waals surface area contributed by atoms with E-state index in [1.54, 1.807) is 0 Å². The van der Waals surface area contributed by atoms with E-state index in [9.17, 15) is 4.79 Å². The van der Waals surface area contributed by atoms with Crippen molar-refractivity contribution >= 4 is 28.5 Å². The molecule has 3 rings (SSSR count). The molecule has 1 amide bonds. The van der Waals surface area contributed by atoms with Crippen molar-refractivity contribution in [2.45, 2.75) is 38.3 Å². The maximum atomic E-state index is 11.8. The number of nitrogens with zero attached hydrogens (tertiary/aromatic N) is 2. The smallest absolute Gasteiger partial charge is 0.222 e. The topological polar surface area (TPSA) is 46.9 Å². The number of alkyl halides is 1. The van der Waals surface area contributed by atoms with Crippen LogP contribution in [0.4, 0.5) is 0 Å². The maximum absolute atomic E-state index is 11.8. The molecule has 0 spiro atoms. The van der Waals surface area contributed by atoms with Crippen LogP contribution in [0.2, 0.25) is 0 Å². The number of carbonyl (C=O) groups excluding carboxylic acids is 1. The normalized spacial score (nSPS) is 14.7. The van der Waals surface area contributed by atoms with Gasteiger partial charge in [-0.1, -0.05) is 12.1 Å². The van der Waals surface area contributed by atoms with Crippen molar-refractivity contribution in [2.75, 3.05) is 5.88 Å². The Morgan fingerprint density at radius 2 is 2.20 bits per heavy atom. The van der Waals surface area contributed by atoms with Gasteiger partial charge in [-0.25, -0.2) is 4.98 Å². The molecule has 0 aliphatic heterocycles. The Labute approximate surface area is 123 Å². The predicted molar refractivity (Wildman–Crippen MR) is 79.9 cm³/mol. The first-order valence-corrected chi connectivity index (χ1v) is 7.61. The van der Waals surface area contributed by atoms with Crippen molar-refractivity contribution in [3.05, 3.63) is 30.1 Å². The number of carbonyl (C=O) groups is 1. The van der Waals surface area contributed by atoms with Gasteiger partial charge in [0.2, 0.25) is 5.91 Å². The van der Waals surface area contributed by atoms with Crippen LogP contribution in [0.5, 0.6) is 0 Å². The van der Waals surface area contributed by atoms with Gasteiger partial charge < -0.3 is 9.88 Å². The lowest BCUT2D eigenvalue weighted by Crippen LogP contribution is -2.26. The van der Waals surface area contributed by atoms with Crippen LogP contribution in [0, 0.1) is 0 Å². The van der Waals surface area contributed by atoms with Crippen LogP contribution in [0.1, 0.15) is 25.1 Å². The van der Waals surface area contributed by atoms with E-state index in [4.69, 9.17) is 11.6 Å². The third-order valence-electron chi connectivity index (χ3n) is 3.56. The molecule has 1 fully saturated rings. The summed E-state index contributed by atoms with van der Waals surface area (Å²) in [6, 6.07) is 8.43. The Balaban J connectivity index is 1.77. The van der Waals surface area contributed by atoms with Crippen LogP contribution in [-0.4, -0.2) is 27.4 Å². The fourth-order valence-electron chi connectivity index (χ4n) is 2.39. The van der Waals surface area contributed by atoms with Crippen molar-refractivity contribution < 1.29 is 4.79 Å². The van der Waals surface area contributed by atoms with E-state index in [2.05, 4.69) is 14.9 Å². The Morgan fingerprint density at radius 1 is 1.40 bits per heavy atom. The number of hydrogen-bond acceptors (Lipinski definition) is 2. The number of aryl methyl sites for hydroxylation is 2. The molecule has 1 aliphatic rings. The second kappa shape index (κ2) is 5.83. The van der Waals surface area contributed by atoms with Gasteiger partial charge in [-0.15, -0.1) is 11.6 Å². The summed E-state index contributed by atoms with van der Waals surface area (Å²) >= 11 is 5.84. The highest BCUT2D eigenvalue weighted by Gasteiger charge is 2.23. The molecule has 1 aromatic heterocycles. The van der Waals surface area contributed by atoms with Gasteiger partial charge in [0.15, 0.2) is 0 Å². The second-order valence-corrected chi connectivity index (χ2v) is 5.58. The van der Waals surface area contributed by atoms with E-state index in [0.29, 0.717) is 24.9 Å². The van der Waals surface area contributed by atoms with Crippen molar-refractivity contribution in [1.82, 2.24) is 14.9 Å². The van der Waals surface area contributed by atoms with Crippen LogP contribution in [-0.2, 0) is 17.8 Å². The molecule has 4 nitrogen and oxygen atoms in total. The first-order chi connectivity index (χ1) is 9.78. The SMILES string of the molecule is O=C(CCn1c(CCCl)nc2ccccc21)NC1CC1. The Hall–Kier alpha value is -1.55. The minimum absolute atomic E-state index is 0.127. The number of benzene rings is 1. The van der Waals surface area contributed by atoms with E-state index < -0.39 is 0 Å². The Morgan fingerprint density at radius 3 is 2.95 bits per heavy atom. The Bertz CT molecular complexity index is 619. The summed E-state index contributed by atoms with van der Waals surface area (Å²) in [6.45, 7) is 0.658. The Kier molecular flexibility index (Phi) is 3.92. The average Bonchev–Trinajstić information content (AvgIpc) is 3.18. The monoisotopic (exact) mass is 291 g/mol. The zero-order valence-electron chi connectivity index (χ0n) is 11.3. The van der Waals surface area contributed by atoms with Gasteiger partial charge in [0.25, 0.3) is 0 Å². The molecule has 0 atom stereocenters. The van der Waals surface area contributed by atoms with Gasteiger partial charge in [-0.3, -0.25) is 4.79 Å². The summed E-state index contributed by atoms with van der Waals surface area (Å²) in [5, 5.41) is 3.02. The molecule has 2 aromatic rings. The summed E-state index contributed by atoms with van der Waals surface area (Å²) in [6.07, 6.45) is 3.46. The van der Waals surface area contributed by atoms with E-state index in [1.807, 2.05) is 24.3 Å². The summed E-state index contributed by atoms with van der Waals surface area (Å²) < 4.78 is 2.12. The molecule has 1 N–H and O–H groups in total. The van der Waals surface area contributed by atoms with Gasteiger partial charge >= 0.3 is 0 Å². The van der Waals surface area contributed by atoms with Gasteiger partial charge in [-0.2, -0.15) is 0 Å². The maximum Gasteiger partial charge on any atom is 0.222 e. The summed E-state index contributed by atoms with van der Waals surface area (Å²) in [5.41, 5.74) is 2.04. The molecular formula is C15H18ClN3O. The van der Waals surface area contributed by atoms with E-state index >= 15 is 0 Å². The second-order valence-electron chi connectivity index (χ2n) is 5.20. The molecule has 1 aromatic carbocycles. The molecule has 0 bridgehead atoms. The highest BCUT2D eigenvalue weighted by molar-refractivity contribution is 6.17. The lowest BCUT2D eigenvalue weighted by molar-refractivity contribution is -0.121. The van der Waals surface area contributed by atoms with Crippen LogP contribution >= 0.6 is 11.6 Å². The molecule has 0 unspecified atom stereocenters.